The van der Waals surface area contributed by atoms with Crippen LogP contribution < -0.4 is 0 Å². The third-order valence-corrected chi connectivity index (χ3v) is 3.12. The second kappa shape index (κ2) is 3.85. The minimum absolute atomic E-state index is 0.151. The van der Waals surface area contributed by atoms with Gasteiger partial charge in [0.2, 0.25) is 0 Å². The van der Waals surface area contributed by atoms with E-state index in [2.05, 4.69) is 25.7 Å². The Bertz CT molecular complexity index is 362. The molecule has 0 aliphatic heterocycles. The summed E-state index contributed by atoms with van der Waals surface area (Å²) in [5.41, 5.74) is 0. The van der Waals surface area contributed by atoms with E-state index < -0.39 is 17.2 Å². The number of thiazole rings is 1. The lowest BCUT2D eigenvalue weighted by atomic mass is 10.6. The summed E-state index contributed by atoms with van der Waals surface area (Å²) in [6.07, 6.45) is -4.54. The molecule has 0 amide bonds. The predicted molar refractivity (Wildman–Crippen MR) is 46.2 cm³/mol. The maximum atomic E-state index is 12.1. The number of alkyl halides is 3. The Morgan fingerprint density at radius 3 is 2.50 bits per heavy atom. The quantitative estimate of drug-likeness (QED) is 0.746. The van der Waals surface area contributed by atoms with Crippen LogP contribution in [0.3, 0.4) is 0 Å². The summed E-state index contributed by atoms with van der Waals surface area (Å²) in [5.74, 6) is -0.843. The SMILES string of the molecule is COC(=O)c1sc(C(F)(F)F)nc1Br. The number of halogens is 4. The van der Waals surface area contributed by atoms with Crippen molar-refractivity contribution in [1.29, 1.82) is 0 Å². The van der Waals surface area contributed by atoms with Crippen LogP contribution in [-0.2, 0) is 10.9 Å². The van der Waals surface area contributed by atoms with Gasteiger partial charge in [-0.05, 0) is 15.9 Å². The molecule has 0 saturated heterocycles. The average molecular weight is 290 g/mol. The van der Waals surface area contributed by atoms with Gasteiger partial charge in [0, 0.05) is 0 Å². The number of hydrogen-bond donors (Lipinski definition) is 0. The standard InChI is InChI=1S/C6H3BrF3NO2S/c1-13-4(12)2-3(7)11-5(14-2)6(8,9)10/h1H3. The average Bonchev–Trinajstić information content (AvgIpc) is 2.45. The highest BCUT2D eigenvalue weighted by molar-refractivity contribution is 9.10. The molecule has 8 heteroatoms. The number of esters is 1. The van der Waals surface area contributed by atoms with E-state index in [1.54, 1.807) is 0 Å². The number of ether oxygens (including phenoxy) is 1. The molecule has 0 aromatic carbocycles. The molecule has 14 heavy (non-hydrogen) atoms. The molecular weight excluding hydrogens is 287 g/mol. The van der Waals surface area contributed by atoms with Crippen LogP contribution in [0.5, 0.6) is 0 Å². The molecule has 0 N–H and O–H groups in total. The van der Waals surface area contributed by atoms with Crippen LogP contribution in [0.4, 0.5) is 13.2 Å². The predicted octanol–water partition coefficient (Wildman–Crippen LogP) is 2.71. The lowest BCUT2D eigenvalue weighted by Gasteiger charge is -1.98. The van der Waals surface area contributed by atoms with Gasteiger partial charge in [-0.2, -0.15) is 13.2 Å². The molecule has 0 aliphatic carbocycles. The number of rotatable bonds is 1. The molecule has 3 nitrogen and oxygen atoms in total. The molecular formula is C6H3BrF3NO2S. The highest BCUT2D eigenvalue weighted by atomic mass is 79.9. The van der Waals surface area contributed by atoms with Crippen LogP contribution in [0, 0.1) is 0 Å². The molecule has 0 bridgehead atoms. The molecule has 1 heterocycles. The second-order valence-corrected chi connectivity index (χ2v) is 3.88. The second-order valence-electron chi connectivity index (χ2n) is 2.13. The fourth-order valence-electron chi connectivity index (χ4n) is 0.641. The zero-order chi connectivity index (χ0) is 10.9. The van der Waals surface area contributed by atoms with Crippen LogP contribution in [0.2, 0.25) is 0 Å². The largest absolute Gasteiger partial charge is 0.465 e. The molecule has 0 spiro atoms. The smallest absolute Gasteiger partial charge is 0.443 e. The van der Waals surface area contributed by atoms with Crippen molar-refractivity contribution in [3.8, 4) is 0 Å². The highest BCUT2D eigenvalue weighted by Gasteiger charge is 2.36. The van der Waals surface area contributed by atoms with Crippen molar-refractivity contribution in [2.75, 3.05) is 7.11 Å². The highest BCUT2D eigenvalue weighted by Crippen LogP contribution is 2.36. The summed E-state index contributed by atoms with van der Waals surface area (Å²) in [7, 11) is 1.09. The van der Waals surface area contributed by atoms with Gasteiger partial charge in [0.1, 0.15) is 9.48 Å². The fourth-order valence-corrected chi connectivity index (χ4v) is 2.08. The molecule has 1 aromatic heterocycles. The van der Waals surface area contributed by atoms with E-state index in [1.807, 2.05) is 0 Å². The number of aromatic nitrogens is 1. The van der Waals surface area contributed by atoms with E-state index >= 15 is 0 Å². The number of carbonyl (C=O) groups excluding carboxylic acids is 1. The van der Waals surface area contributed by atoms with Crippen molar-refractivity contribution in [2.45, 2.75) is 6.18 Å². The Balaban J connectivity index is 3.12. The third-order valence-electron chi connectivity index (χ3n) is 1.20. The van der Waals surface area contributed by atoms with Gasteiger partial charge in [-0.3, -0.25) is 0 Å². The molecule has 1 rings (SSSR count). The molecule has 0 atom stereocenters. The Labute approximate surface area is 89.0 Å². The molecule has 0 unspecified atom stereocenters. The first-order valence-electron chi connectivity index (χ1n) is 3.18. The summed E-state index contributed by atoms with van der Waals surface area (Å²) in [6, 6.07) is 0. The van der Waals surface area contributed by atoms with Crippen molar-refractivity contribution in [1.82, 2.24) is 4.98 Å². The van der Waals surface area contributed by atoms with Crippen molar-refractivity contribution in [3.63, 3.8) is 0 Å². The van der Waals surface area contributed by atoms with Gasteiger partial charge in [-0.1, -0.05) is 0 Å². The molecule has 0 fully saturated rings. The summed E-state index contributed by atoms with van der Waals surface area (Å²) in [6.45, 7) is 0. The van der Waals surface area contributed by atoms with Gasteiger partial charge in [0.25, 0.3) is 0 Å². The van der Waals surface area contributed by atoms with Gasteiger partial charge >= 0.3 is 12.1 Å². The van der Waals surface area contributed by atoms with Crippen LogP contribution in [-0.4, -0.2) is 18.1 Å². The first-order valence-corrected chi connectivity index (χ1v) is 4.79. The van der Waals surface area contributed by atoms with Crippen LogP contribution in [0.1, 0.15) is 14.7 Å². The number of hydrogen-bond acceptors (Lipinski definition) is 4. The minimum atomic E-state index is -4.54. The molecule has 0 radical (unpaired) electrons. The van der Waals surface area contributed by atoms with Crippen LogP contribution in [0.15, 0.2) is 4.60 Å². The van der Waals surface area contributed by atoms with Gasteiger partial charge in [0.05, 0.1) is 7.11 Å². The number of nitrogens with zero attached hydrogens (tertiary/aromatic N) is 1. The van der Waals surface area contributed by atoms with Gasteiger partial charge in [0.15, 0.2) is 5.01 Å². The van der Waals surface area contributed by atoms with Crippen molar-refractivity contribution in [3.05, 3.63) is 14.5 Å². The Kier molecular flexibility index (Phi) is 3.15. The lowest BCUT2D eigenvalue weighted by Crippen LogP contribution is -2.03. The van der Waals surface area contributed by atoms with Crippen LogP contribution >= 0.6 is 27.3 Å². The zero-order valence-corrected chi connectivity index (χ0v) is 9.09. The normalized spacial score (nSPS) is 11.5. The summed E-state index contributed by atoms with van der Waals surface area (Å²) in [5, 5.41) is -1.08. The van der Waals surface area contributed by atoms with Gasteiger partial charge < -0.3 is 4.74 Å². The van der Waals surface area contributed by atoms with E-state index in [0.717, 1.165) is 7.11 Å². The van der Waals surface area contributed by atoms with Crippen LogP contribution in [0.25, 0.3) is 0 Å². The first kappa shape index (κ1) is 11.4. The Hall–Kier alpha value is -0.630. The monoisotopic (exact) mass is 289 g/mol. The summed E-state index contributed by atoms with van der Waals surface area (Å²) >= 11 is 2.99. The van der Waals surface area contributed by atoms with Gasteiger partial charge in [-0.25, -0.2) is 9.78 Å². The summed E-state index contributed by atoms with van der Waals surface area (Å²) < 4.78 is 40.5. The van der Waals surface area contributed by atoms with E-state index in [1.165, 1.54) is 0 Å². The maximum absolute atomic E-state index is 12.1. The minimum Gasteiger partial charge on any atom is -0.465 e. The van der Waals surface area contributed by atoms with Crippen molar-refractivity contribution < 1.29 is 22.7 Å². The Morgan fingerprint density at radius 2 is 2.14 bits per heavy atom. The molecule has 0 saturated carbocycles. The Morgan fingerprint density at radius 1 is 1.57 bits per heavy atom. The van der Waals surface area contributed by atoms with Crippen molar-refractivity contribution in [2.24, 2.45) is 0 Å². The van der Waals surface area contributed by atoms with E-state index in [-0.39, 0.29) is 20.8 Å². The lowest BCUT2D eigenvalue weighted by molar-refractivity contribution is -0.137. The zero-order valence-electron chi connectivity index (χ0n) is 6.68. The van der Waals surface area contributed by atoms with E-state index in [4.69, 9.17) is 0 Å². The number of methoxy groups -OCH3 is 1. The molecule has 1 aromatic rings. The van der Waals surface area contributed by atoms with Gasteiger partial charge in [-0.15, -0.1) is 11.3 Å². The molecule has 0 aliphatic rings. The van der Waals surface area contributed by atoms with E-state index in [0.29, 0.717) is 0 Å². The maximum Gasteiger partial charge on any atom is 0.443 e. The summed E-state index contributed by atoms with van der Waals surface area (Å²) in [4.78, 5) is 13.9. The number of carbonyl (C=O) groups is 1. The fraction of sp³-hybridized carbons (Fsp3) is 0.333. The van der Waals surface area contributed by atoms with E-state index in [9.17, 15) is 18.0 Å². The molecule has 78 valence electrons. The third kappa shape index (κ3) is 2.24. The first-order chi connectivity index (χ1) is 6.36. The topological polar surface area (TPSA) is 39.2 Å². The van der Waals surface area contributed by atoms with Crippen molar-refractivity contribution >= 4 is 33.2 Å².